The molecule has 1 aliphatic heterocycles. The summed E-state index contributed by atoms with van der Waals surface area (Å²) in [6.45, 7) is 3.46. The van der Waals surface area contributed by atoms with Gasteiger partial charge in [-0.05, 0) is 37.0 Å². The van der Waals surface area contributed by atoms with Crippen molar-refractivity contribution in [2.45, 2.75) is 25.8 Å². The highest BCUT2D eigenvalue weighted by Gasteiger charge is 2.31. The van der Waals surface area contributed by atoms with Crippen molar-refractivity contribution >= 4 is 16.9 Å². The molecule has 2 aromatic rings. The summed E-state index contributed by atoms with van der Waals surface area (Å²) in [6.07, 6.45) is 5.47. The van der Waals surface area contributed by atoms with Crippen LogP contribution >= 0.6 is 0 Å². The molecule has 1 aliphatic rings. The highest BCUT2D eigenvalue weighted by molar-refractivity contribution is 5.97. The molecule has 0 radical (unpaired) electrons. The fourth-order valence-corrected chi connectivity index (χ4v) is 3.12. The fourth-order valence-electron chi connectivity index (χ4n) is 3.12. The molecular weight excluding hydrogens is 264 g/mol. The first-order valence-electron chi connectivity index (χ1n) is 7.42. The summed E-state index contributed by atoms with van der Waals surface area (Å²) in [4.78, 5) is 23.2. The lowest BCUT2D eigenvalue weighted by Gasteiger charge is -2.39. The maximum atomic E-state index is 12.8. The number of rotatable bonds is 2. The number of piperidine rings is 1. The zero-order valence-electron chi connectivity index (χ0n) is 12.2. The van der Waals surface area contributed by atoms with Crippen molar-refractivity contribution in [1.82, 2.24) is 14.9 Å². The summed E-state index contributed by atoms with van der Waals surface area (Å²) >= 11 is 0. The number of nitrogens with zero attached hydrogens (tertiary/aromatic N) is 3. The van der Waals surface area contributed by atoms with Gasteiger partial charge in [0.15, 0.2) is 0 Å². The zero-order valence-corrected chi connectivity index (χ0v) is 12.2. The molecule has 2 heterocycles. The highest BCUT2D eigenvalue weighted by Crippen LogP contribution is 2.25. The van der Waals surface area contributed by atoms with E-state index in [1.54, 1.807) is 12.4 Å². The number of benzene rings is 1. The molecule has 1 aromatic heterocycles. The van der Waals surface area contributed by atoms with Crippen molar-refractivity contribution in [1.29, 1.82) is 0 Å². The molecule has 0 saturated carbocycles. The van der Waals surface area contributed by atoms with Gasteiger partial charge in [0.05, 0.1) is 11.0 Å². The summed E-state index contributed by atoms with van der Waals surface area (Å²) in [5.41, 5.74) is 8.09. The molecule has 1 fully saturated rings. The van der Waals surface area contributed by atoms with E-state index in [1.807, 2.05) is 23.1 Å². The Kier molecular flexibility index (Phi) is 3.84. The second kappa shape index (κ2) is 5.77. The van der Waals surface area contributed by atoms with Gasteiger partial charge in [0.2, 0.25) is 0 Å². The van der Waals surface area contributed by atoms with E-state index in [-0.39, 0.29) is 11.9 Å². The Morgan fingerprint density at radius 1 is 1.33 bits per heavy atom. The van der Waals surface area contributed by atoms with Crippen LogP contribution in [-0.2, 0) is 0 Å². The Morgan fingerprint density at radius 3 is 2.86 bits per heavy atom. The molecule has 5 heteroatoms. The average molecular weight is 284 g/mol. The lowest BCUT2D eigenvalue weighted by molar-refractivity contribution is 0.0532. The van der Waals surface area contributed by atoms with Gasteiger partial charge in [0, 0.05) is 37.1 Å². The number of amides is 1. The van der Waals surface area contributed by atoms with E-state index in [9.17, 15) is 4.79 Å². The number of hydrogen-bond acceptors (Lipinski definition) is 4. The van der Waals surface area contributed by atoms with Gasteiger partial charge >= 0.3 is 0 Å². The van der Waals surface area contributed by atoms with Gasteiger partial charge in [-0.1, -0.05) is 6.92 Å². The fraction of sp³-hybridized carbons (Fsp3) is 0.438. The van der Waals surface area contributed by atoms with Crippen LogP contribution in [0.4, 0.5) is 0 Å². The lowest BCUT2D eigenvalue weighted by Crippen LogP contribution is -2.51. The molecule has 1 amide bonds. The van der Waals surface area contributed by atoms with Gasteiger partial charge in [0.1, 0.15) is 0 Å². The SMILES string of the molecule is CC1CCCN(C(=O)c2ccc3nccnc3c2)C1CN. The largest absolute Gasteiger partial charge is 0.334 e. The van der Waals surface area contributed by atoms with Crippen molar-refractivity contribution in [2.75, 3.05) is 13.1 Å². The van der Waals surface area contributed by atoms with E-state index in [4.69, 9.17) is 5.73 Å². The molecular formula is C16H20N4O. The number of fused-ring (bicyclic) bond motifs is 1. The molecule has 21 heavy (non-hydrogen) atoms. The van der Waals surface area contributed by atoms with Crippen LogP contribution in [0.5, 0.6) is 0 Å². The summed E-state index contributed by atoms with van der Waals surface area (Å²) in [5, 5.41) is 0. The Morgan fingerprint density at radius 2 is 2.10 bits per heavy atom. The first-order valence-corrected chi connectivity index (χ1v) is 7.42. The van der Waals surface area contributed by atoms with Gasteiger partial charge in [-0.15, -0.1) is 0 Å². The van der Waals surface area contributed by atoms with Crippen molar-refractivity contribution in [2.24, 2.45) is 11.7 Å². The van der Waals surface area contributed by atoms with E-state index >= 15 is 0 Å². The lowest BCUT2D eigenvalue weighted by atomic mass is 9.90. The third-order valence-electron chi connectivity index (χ3n) is 4.33. The van der Waals surface area contributed by atoms with Crippen LogP contribution in [0, 0.1) is 5.92 Å². The van der Waals surface area contributed by atoms with Crippen LogP contribution in [0.25, 0.3) is 11.0 Å². The van der Waals surface area contributed by atoms with E-state index in [2.05, 4.69) is 16.9 Å². The summed E-state index contributed by atoms with van der Waals surface area (Å²) in [6, 6.07) is 5.62. The minimum absolute atomic E-state index is 0.0459. The van der Waals surface area contributed by atoms with Crippen LogP contribution < -0.4 is 5.73 Å². The number of aromatic nitrogens is 2. The second-order valence-corrected chi connectivity index (χ2v) is 5.68. The number of carbonyl (C=O) groups excluding carboxylic acids is 1. The average Bonchev–Trinajstić information content (AvgIpc) is 2.53. The molecule has 2 N–H and O–H groups in total. The zero-order chi connectivity index (χ0) is 14.8. The monoisotopic (exact) mass is 284 g/mol. The molecule has 1 aromatic carbocycles. The molecule has 2 atom stereocenters. The summed E-state index contributed by atoms with van der Waals surface area (Å²) < 4.78 is 0. The highest BCUT2D eigenvalue weighted by atomic mass is 16.2. The molecule has 0 aliphatic carbocycles. The number of nitrogens with two attached hydrogens (primary N) is 1. The molecule has 2 unspecified atom stereocenters. The standard InChI is InChI=1S/C16H20N4O/c1-11-3-2-8-20(15(11)10-17)16(21)12-4-5-13-14(9-12)19-7-6-18-13/h4-7,9,11,15H,2-3,8,10,17H2,1H3. The topological polar surface area (TPSA) is 72.1 Å². The van der Waals surface area contributed by atoms with Crippen LogP contribution in [-0.4, -0.2) is 39.9 Å². The first-order chi connectivity index (χ1) is 10.2. The maximum Gasteiger partial charge on any atom is 0.254 e. The number of hydrogen-bond donors (Lipinski definition) is 1. The van der Waals surface area contributed by atoms with Crippen molar-refractivity contribution in [3.05, 3.63) is 36.2 Å². The van der Waals surface area contributed by atoms with E-state index in [0.29, 0.717) is 18.0 Å². The van der Waals surface area contributed by atoms with Gasteiger partial charge in [-0.2, -0.15) is 0 Å². The predicted molar refractivity (Wildman–Crippen MR) is 81.8 cm³/mol. The Labute approximate surface area is 124 Å². The normalized spacial score (nSPS) is 22.5. The van der Waals surface area contributed by atoms with Crippen molar-refractivity contribution in [3.8, 4) is 0 Å². The van der Waals surface area contributed by atoms with Crippen LogP contribution in [0.1, 0.15) is 30.1 Å². The van der Waals surface area contributed by atoms with E-state index < -0.39 is 0 Å². The summed E-state index contributed by atoms with van der Waals surface area (Å²) in [5.74, 6) is 0.498. The quantitative estimate of drug-likeness (QED) is 0.913. The van der Waals surface area contributed by atoms with Gasteiger partial charge < -0.3 is 10.6 Å². The maximum absolute atomic E-state index is 12.8. The third-order valence-corrected chi connectivity index (χ3v) is 4.33. The molecule has 0 bridgehead atoms. The Bertz CT molecular complexity index is 658. The van der Waals surface area contributed by atoms with Gasteiger partial charge in [-0.25, -0.2) is 0 Å². The van der Waals surface area contributed by atoms with Crippen molar-refractivity contribution < 1.29 is 4.79 Å². The predicted octanol–water partition coefficient (Wildman–Crippen LogP) is 1.83. The molecule has 1 saturated heterocycles. The minimum Gasteiger partial charge on any atom is -0.334 e. The smallest absolute Gasteiger partial charge is 0.254 e. The van der Waals surface area contributed by atoms with E-state index in [0.717, 1.165) is 30.4 Å². The second-order valence-electron chi connectivity index (χ2n) is 5.68. The third kappa shape index (κ3) is 2.61. The van der Waals surface area contributed by atoms with Crippen LogP contribution in [0.15, 0.2) is 30.6 Å². The van der Waals surface area contributed by atoms with Crippen molar-refractivity contribution in [3.63, 3.8) is 0 Å². The Hall–Kier alpha value is -2.01. The van der Waals surface area contributed by atoms with Gasteiger partial charge in [0.25, 0.3) is 5.91 Å². The first kappa shape index (κ1) is 13.9. The van der Waals surface area contributed by atoms with E-state index in [1.165, 1.54) is 0 Å². The van der Waals surface area contributed by atoms with Crippen LogP contribution in [0.2, 0.25) is 0 Å². The number of likely N-dealkylation sites (tertiary alicyclic amines) is 1. The van der Waals surface area contributed by atoms with Gasteiger partial charge in [-0.3, -0.25) is 14.8 Å². The molecule has 110 valence electrons. The number of carbonyl (C=O) groups is 1. The molecule has 0 spiro atoms. The Balaban J connectivity index is 1.91. The summed E-state index contributed by atoms with van der Waals surface area (Å²) in [7, 11) is 0. The minimum atomic E-state index is 0.0459. The molecule has 3 rings (SSSR count). The van der Waals surface area contributed by atoms with Crippen LogP contribution in [0.3, 0.4) is 0 Å². The molecule has 5 nitrogen and oxygen atoms in total.